The van der Waals surface area contributed by atoms with Crippen LogP contribution in [-0.4, -0.2) is 34.6 Å². The van der Waals surface area contributed by atoms with Gasteiger partial charge in [-0.25, -0.2) is 0 Å². The summed E-state index contributed by atoms with van der Waals surface area (Å²) in [6.45, 7) is 6.14. The summed E-state index contributed by atoms with van der Waals surface area (Å²) in [5.41, 5.74) is 2.75. The van der Waals surface area contributed by atoms with Crippen LogP contribution in [0.1, 0.15) is 37.0 Å². The maximum atomic E-state index is 13.7. The van der Waals surface area contributed by atoms with E-state index in [4.69, 9.17) is 23.2 Å². The number of benzene rings is 3. The third-order valence-corrected chi connectivity index (χ3v) is 7.75. The summed E-state index contributed by atoms with van der Waals surface area (Å²) in [5, 5.41) is 4.00. The number of halogens is 2. The van der Waals surface area contributed by atoms with Gasteiger partial charge in [-0.2, -0.15) is 0 Å². The Kier molecular flexibility index (Phi) is 10.7. The van der Waals surface area contributed by atoms with E-state index in [9.17, 15) is 9.59 Å². The van der Waals surface area contributed by atoms with E-state index in [0.29, 0.717) is 22.0 Å². The van der Waals surface area contributed by atoms with Gasteiger partial charge in [-0.15, -0.1) is 11.8 Å². The molecule has 0 radical (unpaired) electrons. The van der Waals surface area contributed by atoms with E-state index in [1.54, 1.807) is 23.1 Å². The Labute approximate surface area is 228 Å². The summed E-state index contributed by atoms with van der Waals surface area (Å²) in [7, 11) is 0. The molecule has 3 aromatic carbocycles. The lowest BCUT2D eigenvalue weighted by Gasteiger charge is -2.32. The highest BCUT2D eigenvalue weighted by molar-refractivity contribution is 8.00. The third kappa shape index (κ3) is 8.02. The highest BCUT2D eigenvalue weighted by Gasteiger charge is 2.31. The summed E-state index contributed by atoms with van der Waals surface area (Å²) in [6.07, 6.45) is 1.17. The molecule has 190 valence electrons. The number of hydrogen-bond acceptors (Lipinski definition) is 3. The van der Waals surface area contributed by atoms with Gasteiger partial charge < -0.3 is 10.2 Å². The van der Waals surface area contributed by atoms with E-state index < -0.39 is 6.04 Å². The Morgan fingerprint density at radius 3 is 2.19 bits per heavy atom. The number of carbonyl (C=O) groups is 2. The van der Waals surface area contributed by atoms with Crippen molar-refractivity contribution in [1.82, 2.24) is 10.2 Å². The Balaban J connectivity index is 1.95. The topological polar surface area (TPSA) is 49.4 Å². The predicted molar refractivity (Wildman–Crippen MR) is 151 cm³/mol. The molecule has 0 aliphatic carbocycles. The van der Waals surface area contributed by atoms with Crippen LogP contribution in [-0.2, 0) is 22.6 Å². The summed E-state index contributed by atoms with van der Waals surface area (Å²) < 4.78 is 0. The molecular weight excluding hydrogens is 511 g/mol. The lowest BCUT2D eigenvalue weighted by molar-refractivity contribution is -0.139. The van der Waals surface area contributed by atoms with Crippen molar-refractivity contribution in [3.63, 3.8) is 0 Å². The van der Waals surface area contributed by atoms with Crippen molar-refractivity contribution in [3.05, 3.63) is 99.5 Å². The van der Waals surface area contributed by atoms with Crippen LogP contribution in [0.3, 0.4) is 0 Å². The van der Waals surface area contributed by atoms with Gasteiger partial charge in [0.2, 0.25) is 11.8 Å². The molecule has 0 spiro atoms. The lowest BCUT2D eigenvalue weighted by Crippen LogP contribution is -2.52. The minimum atomic E-state index is -0.722. The van der Waals surface area contributed by atoms with Crippen molar-refractivity contribution >= 4 is 46.8 Å². The van der Waals surface area contributed by atoms with E-state index in [0.717, 1.165) is 22.4 Å². The van der Waals surface area contributed by atoms with Crippen molar-refractivity contribution < 1.29 is 9.59 Å². The number of carbonyl (C=O) groups excluding carboxylic acids is 2. The number of aryl methyl sites for hydroxylation is 1. The van der Waals surface area contributed by atoms with Gasteiger partial charge in [0.1, 0.15) is 6.04 Å². The van der Waals surface area contributed by atoms with E-state index in [1.165, 1.54) is 11.8 Å². The first-order valence-corrected chi connectivity index (χ1v) is 13.8. The van der Waals surface area contributed by atoms with Gasteiger partial charge >= 0.3 is 0 Å². The Morgan fingerprint density at radius 2 is 1.58 bits per heavy atom. The van der Waals surface area contributed by atoms with Gasteiger partial charge in [-0.05, 0) is 50.1 Å². The van der Waals surface area contributed by atoms with Gasteiger partial charge in [0.15, 0.2) is 0 Å². The standard InChI is InChI=1S/C29H32Cl2N2O2S/c1-4-21(3)32-29(35)27(17-22-9-6-5-7-10-22)33(18-24-25(30)11-8-12-26(24)31)28(34)19-36-23-15-13-20(2)14-16-23/h5-16,21,27H,4,17-19H2,1-3H3,(H,32,35). The summed E-state index contributed by atoms with van der Waals surface area (Å²) in [5.74, 6) is -0.158. The van der Waals surface area contributed by atoms with Crippen molar-refractivity contribution in [1.29, 1.82) is 0 Å². The van der Waals surface area contributed by atoms with E-state index >= 15 is 0 Å². The molecule has 2 unspecified atom stereocenters. The first kappa shape index (κ1) is 28.1. The molecule has 0 fully saturated rings. The minimum absolute atomic E-state index is 0.0152. The fraction of sp³-hybridized carbons (Fsp3) is 0.310. The zero-order chi connectivity index (χ0) is 26.1. The highest BCUT2D eigenvalue weighted by atomic mass is 35.5. The average Bonchev–Trinajstić information content (AvgIpc) is 2.87. The molecule has 2 amide bonds. The molecule has 4 nitrogen and oxygen atoms in total. The number of nitrogens with one attached hydrogen (secondary N) is 1. The monoisotopic (exact) mass is 542 g/mol. The van der Waals surface area contributed by atoms with Crippen molar-refractivity contribution in [2.45, 2.75) is 57.1 Å². The molecule has 0 saturated heterocycles. The van der Waals surface area contributed by atoms with Crippen molar-refractivity contribution in [2.24, 2.45) is 0 Å². The summed E-state index contributed by atoms with van der Waals surface area (Å²) in [4.78, 5) is 29.9. The number of nitrogens with zero attached hydrogens (tertiary/aromatic N) is 1. The molecule has 0 bridgehead atoms. The zero-order valence-corrected chi connectivity index (χ0v) is 23.2. The van der Waals surface area contributed by atoms with Crippen LogP contribution < -0.4 is 5.32 Å². The van der Waals surface area contributed by atoms with Crippen LogP contribution in [0.4, 0.5) is 0 Å². The first-order chi connectivity index (χ1) is 17.3. The maximum Gasteiger partial charge on any atom is 0.243 e. The Bertz CT molecular complexity index is 1140. The van der Waals surface area contributed by atoms with Crippen LogP contribution in [0, 0.1) is 6.92 Å². The molecule has 0 saturated carbocycles. The van der Waals surface area contributed by atoms with Crippen LogP contribution in [0.2, 0.25) is 10.0 Å². The second-order valence-electron chi connectivity index (χ2n) is 8.85. The summed E-state index contributed by atoms with van der Waals surface area (Å²) >= 11 is 14.4. The van der Waals surface area contributed by atoms with Gasteiger partial charge in [0.25, 0.3) is 0 Å². The van der Waals surface area contributed by atoms with Gasteiger partial charge in [0, 0.05) is 39.5 Å². The number of rotatable bonds is 11. The molecule has 0 aromatic heterocycles. The smallest absolute Gasteiger partial charge is 0.243 e. The Hall–Kier alpha value is -2.47. The molecule has 0 aliphatic heterocycles. The van der Waals surface area contributed by atoms with Crippen LogP contribution in [0.15, 0.2) is 77.7 Å². The molecular formula is C29H32Cl2N2O2S. The van der Waals surface area contributed by atoms with Crippen LogP contribution in [0.5, 0.6) is 0 Å². The molecule has 3 aromatic rings. The number of amides is 2. The predicted octanol–water partition coefficient (Wildman–Crippen LogP) is 6.95. The van der Waals surface area contributed by atoms with Gasteiger partial charge in [-0.1, -0.05) is 84.2 Å². The minimum Gasteiger partial charge on any atom is -0.352 e. The van der Waals surface area contributed by atoms with E-state index in [-0.39, 0.29) is 30.2 Å². The largest absolute Gasteiger partial charge is 0.352 e. The molecule has 3 rings (SSSR count). The first-order valence-electron chi connectivity index (χ1n) is 12.0. The van der Waals surface area contributed by atoms with Gasteiger partial charge in [-0.3, -0.25) is 9.59 Å². The van der Waals surface area contributed by atoms with Gasteiger partial charge in [0.05, 0.1) is 5.75 Å². The van der Waals surface area contributed by atoms with E-state index in [1.807, 2.05) is 75.4 Å². The number of hydrogen-bond donors (Lipinski definition) is 1. The summed E-state index contributed by atoms with van der Waals surface area (Å²) in [6, 6.07) is 22.3. The SMILES string of the molecule is CCC(C)NC(=O)C(Cc1ccccc1)N(Cc1c(Cl)cccc1Cl)C(=O)CSc1ccc(C)cc1. The quantitative estimate of drug-likeness (QED) is 0.266. The fourth-order valence-electron chi connectivity index (χ4n) is 3.71. The van der Waals surface area contributed by atoms with E-state index in [2.05, 4.69) is 5.32 Å². The normalized spacial score (nSPS) is 12.6. The second-order valence-corrected chi connectivity index (χ2v) is 10.7. The fourth-order valence-corrected chi connectivity index (χ4v) is 5.01. The lowest BCUT2D eigenvalue weighted by atomic mass is 10.0. The number of thioether (sulfide) groups is 1. The molecule has 0 heterocycles. The van der Waals surface area contributed by atoms with Crippen LogP contribution >= 0.6 is 35.0 Å². The van der Waals surface area contributed by atoms with Crippen molar-refractivity contribution in [2.75, 3.05) is 5.75 Å². The average molecular weight is 544 g/mol. The maximum absolute atomic E-state index is 13.7. The second kappa shape index (κ2) is 13.7. The Morgan fingerprint density at radius 1 is 0.944 bits per heavy atom. The molecule has 1 N–H and O–H groups in total. The van der Waals surface area contributed by atoms with Crippen LogP contribution in [0.25, 0.3) is 0 Å². The third-order valence-electron chi connectivity index (χ3n) is 6.05. The molecule has 7 heteroatoms. The molecule has 36 heavy (non-hydrogen) atoms. The zero-order valence-electron chi connectivity index (χ0n) is 20.8. The molecule has 2 atom stereocenters. The highest BCUT2D eigenvalue weighted by Crippen LogP contribution is 2.28. The van der Waals surface area contributed by atoms with Crippen molar-refractivity contribution in [3.8, 4) is 0 Å². The molecule has 0 aliphatic rings.